The minimum atomic E-state index is -0.977. The summed E-state index contributed by atoms with van der Waals surface area (Å²) in [6.07, 6.45) is 0.0451. The van der Waals surface area contributed by atoms with Gasteiger partial charge in [-0.25, -0.2) is 0 Å². The summed E-state index contributed by atoms with van der Waals surface area (Å²) in [7, 11) is 0. The van der Waals surface area contributed by atoms with Crippen LogP contribution in [0.4, 0.5) is 21.5 Å². The Bertz CT molecular complexity index is 900. The number of halogens is 1. The summed E-state index contributed by atoms with van der Waals surface area (Å²) in [4.78, 5) is 36.2. The van der Waals surface area contributed by atoms with Gasteiger partial charge in [-0.05, 0) is 30.7 Å². The predicted octanol–water partition coefficient (Wildman–Crippen LogP) is 3.03. The molecule has 1 heterocycles. The lowest BCUT2D eigenvalue weighted by molar-refractivity contribution is -0.387. The SMILES string of the molecule is Cc1ccccc1N1CC(C(=O)Nc2ccc(F)c([N+](=O)[O-])c2)CC1=O. The fourth-order valence-electron chi connectivity index (χ4n) is 2.96. The van der Waals surface area contributed by atoms with E-state index >= 15 is 0 Å². The highest BCUT2D eigenvalue weighted by Gasteiger charge is 2.35. The van der Waals surface area contributed by atoms with Crippen molar-refractivity contribution in [1.29, 1.82) is 0 Å². The molecule has 2 amide bonds. The zero-order valence-electron chi connectivity index (χ0n) is 13.9. The van der Waals surface area contributed by atoms with E-state index in [0.29, 0.717) is 0 Å². The van der Waals surface area contributed by atoms with Crippen LogP contribution in [0.2, 0.25) is 0 Å². The summed E-state index contributed by atoms with van der Waals surface area (Å²) in [6, 6.07) is 10.5. The summed E-state index contributed by atoms with van der Waals surface area (Å²) in [5.74, 6) is -2.17. The number of nitrogens with one attached hydrogen (secondary N) is 1. The number of anilines is 2. The first-order chi connectivity index (χ1) is 12.4. The average molecular weight is 357 g/mol. The Labute approximate surface area is 148 Å². The second-order valence-corrected chi connectivity index (χ2v) is 6.10. The second kappa shape index (κ2) is 6.91. The van der Waals surface area contributed by atoms with E-state index in [-0.39, 0.29) is 24.6 Å². The molecule has 1 saturated heterocycles. The summed E-state index contributed by atoms with van der Waals surface area (Å²) >= 11 is 0. The standard InChI is InChI=1S/C18H16FN3O4/c1-11-4-2-3-5-15(11)21-10-12(8-17(21)23)18(24)20-13-6-7-14(19)16(9-13)22(25)26/h2-7,9,12H,8,10H2,1H3,(H,20,24). The van der Waals surface area contributed by atoms with Gasteiger partial charge in [-0.15, -0.1) is 0 Å². The molecule has 1 atom stereocenters. The minimum Gasteiger partial charge on any atom is -0.326 e. The molecule has 2 aromatic carbocycles. The number of amides is 2. The van der Waals surface area contributed by atoms with Gasteiger partial charge in [-0.2, -0.15) is 4.39 Å². The van der Waals surface area contributed by atoms with Crippen LogP contribution in [-0.2, 0) is 9.59 Å². The van der Waals surface area contributed by atoms with E-state index in [1.54, 1.807) is 4.90 Å². The van der Waals surface area contributed by atoms with Crippen molar-refractivity contribution in [2.24, 2.45) is 5.92 Å². The van der Waals surface area contributed by atoms with Gasteiger partial charge in [0.25, 0.3) is 0 Å². The molecule has 1 aliphatic rings. The first-order valence-corrected chi connectivity index (χ1v) is 7.97. The van der Waals surface area contributed by atoms with Crippen molar-refractivity contribution < 1.29 is 18.9 Å². The van der Waals surface area contributed by atoms with Crippen molar-refractivity contribution in [3.63, 3.8) is 0 Å². The van der Waals surface area contributed by atoms with Crippen LogP contribution in [0.25, 0.3) is 0 Å². The zero-order valence-corrected chi connectivity index (χ0v) is 13.9. The Balaban J connectivity index is 1.74. The van der Waals surface area contributed by atoms with Crippen LogP contribution in [0.1, 0.15) is 12.0 Å². The third kappa shape index (κ3) is 3.39. The van der Waals surface area contributed by atoms with Crippen LogP contribution in [0.3, 0.4) is 0 Å². The Kier molecular flexibility index (Phi) is 4.66. The maximum Gasteiger partial charge on any atom is 0.306 e. The number of nitrogens with zero attached hydrogens (tertiary/aromatic N) is 2. The fourth-order valence-corrected chi connectivity index (χ4v) is 2.96. The number of rotatable bonds is 4. The molecule has 1 N–H and O–H groups in total. The fraction of sp³-hybridized carbons (Fsp3) is 0.222. The van der Waals surface area contributed by atoms with Crippen LogP contribution in [0, 0.1) is 28.8 Å². The van der Waals surface area contributed by atoms with Crippen LogP contribution >= 0.6 is 0 Å². The molecule has 0 aromatic heterocycles. The second-order valence-electron chi connectivity index (χ2n) is 6.10. The van der Waals surface area contributed by atoms with Gasteiger partial charge in [-0.3, -0.25) is 19.7 Å². The lowest BCUT2D eigenvalue weighted by Crippen LogP contribution is -2.28. The molecule has 26 heavy (non-hydrogen) atoms. The molecule has 8 heteroatoms. The molecule has 0 aliphatic carbocycles. The molecule has 2 aromatic rings. The van der Waals surface area contributed by atoms with Crippen LogP contribution in [0.15, 0.2) is 42.5 Å². The molecule has 1 unspecified atom stereocenters. The number of para-hydroxylation sites is 1. The van der Waals surface area contributed by atoms with E-state index in [4.69, 9.17) is 0 Å². The summed E-state index contributed by atoms with van der Waals surface area (Å²) in [6.45, 7) is 2.10. The smallest absolute Gasteiger partial charge is 0.306 e. The molecule has 0 saturated carbocycles. The monoisotopic (exact) mass is 357 g/mol. The molecule has 134 valence electrons. The van der Waals surface area contributed by atoms with E-state index in [0.717, 1.165) is 23.4 Å². The first kappa shape index (κ1) is 17.5. The van der Waals surface area contributed by atoms with E-state index in [1.807, 2.05) is 31.2 Å². The topological polar surface area (TPSA) is 92.6 Å². The van der Waals surface area contributed by atoms with Crippen molar-refractivity contribution in [1.82, 2.24) is 0 Å². The van der Waals surface area contributed by atoms with Crippen LogP contribution in [-0.4, -0.2) is 23.3 Å². The van der Waals surface area contributed by atoms with Crippen molar-refractivity contribution in [3.8, 4) is 0 Å². The number of benzene rings is 2. The molecule has 1 fully saturated rings. The number of nitro groups is 1. The van der Waals surface area contributed by atoms with Crippen molar-refractivity contribution in [2.45, 2.75) is 13.3 Å². The normalized spacial score (nSPS) is 16.6. The van der Waals surface area contributed by atoms with E-state index in [2.05, 4.69) is 5.32 Å². The maximum absolute atomic E-state index is 13.4. The zero-order chi connectivity index (χ0) is 18.8. The first-order valence-electron chi connectivity index (χ1n) is 7.97. The Morgan fingerprint density at radius 2 is 2.04 bits per heavy atom. The van der Waals surface area contributed by atoms with Crippen molar-refractivity contribution >= 4 is 28.9 Å². The minimum absolute atomic E-state index is 0.0451. The highest BCUT2D eigenvalue weighted by atomic mass is 19.1. The molecule has 7 nitrogen and oxygen atoms in total. The van der Waals surface area contributed by atoms with Gasteiger partial charge in [0.2, 0.25) is 17.6 Å². The number of nitro benzene ring substituents is 1. The lowest BCUT2D eigenvalue weighted by atomic mass is 10.1. The number of carbonyl (C=O) groups excluding carboxylic acids is 2. The molecular weight excluding hydrogens is 341 g/mol. The summed E-state index contributed by atoms with van der Waals surface area (Å²) in [5.41, 5.74) is 1.08. The molecule has 3 rings (SSSR count). The molecular formula is C18H16FN3O4. The largest absolute Gasteiger partial charge is 0.326 e. The number of hydrogen-bond donors (Lipinski definition) is 1. The summed E-state index contributed by atoms with van der Waals surface area (Å²) in [5, 5.41) is 13.3. The number of hydrogen-bond acceptors (Lipinski definition) is 4. The highest BCUT2D eigenvalue weighted by Crippen LogP contribution is 2.29. The molecule has 0 radical (unpaired) electrons. The van der Waals surface area contributed by atoms with Crippen LogP contribution < -0.4 is 10.2 Å². The molecule has 0 spiro atoms. The van der Waals surface area contributed by atoms with Gasteiger partial charge < -0.3 is 10.2 Å². The van der Waals surface area contributed by atoms with Crippen molar-refractivity contribution in [3.05, 3.63) is 64.0 Å². The Morgan fingerprint density at radius 3 is 2.73 bits per heavy atom. The lowest BCUT2D eigenvalue weighted by Gasteiger charge is -2.19. The Morgan fingerprint density at radius 1 is 1.31 bits per heavy atom. The average Bonchev–Trinajstić information content (AvgIpc) is 2.98. The molecule has 0 bridgehead atoms. The summed E-state index contributed by atoms with van der Waals surface area (Å²) < 4.78 is 13.4. The van der Waals surface area contributed by atoms with E-state index in [1.165, 1.54) is 6.07 Å². The van der Waals surface area contributed by atoms with Crippen molar-refractivity contribution in [2.75, 3.05) is 16.8 Å². The third-order valence-electron chi connectivity index (χ3n) is 4.31. The van der Waals surface area contributed by atoms with Gasteiger partial charge in [0.05, 0.1) is 10.8 Å². The number of aryl methyl sites for hydroxylation is 1. The third-order valence-corrected chi connectivity index (χ3v) is 4.31. The van der Waals surface area contributed by atoms with Crippen LogP contribution in [0.5, 0.6) is 0 Å². The van der Waals surface area contributed by atoms with E-state index < -0.39 is 28.3 Å². The predicted molar refractivity (Wildman–Crippen MR) is 93.3 cm³/mol. The number of carbonyl (C=O) groups is 2. The van der Waals surface area contributed by atoms with Gasteiger partial charge in [0.15, 0.2) is 0 Å². The van der Waals surface area contributed by atoms with Gasteiger partial charge in [0, 0.05) is 30.4 Å². The van der Waals surface area contributed by atoms with Gasteiger partial charge >= 0.3 is 5.69 Å². The maximum atomic E-state index is 13.4. The van der Waals surface area contributed by atoms with E-state index in [9.17, 15) is 24.1 Å². The van der Waals surface area contributed by atoms with Gasteiger partial charge in [0.1, 0.15) is 0 Å². The molecule has 1 aliphatic heterocycles. The highest BCUT2D eigenvalue weighted by molar-refractivity contribution is 6.03. The quantitative estimate of drug-likeness (QED) is 0.672. The Hall–Kier alpha value is -3.29. The van der Waals surface area contributed by atoms with Gasteiger partial charge in [-0.1, -0.05) is 18.2 Å².